The van der Waals surface area contributed by atoms with E-state index >= 15 is 0 Å². The van der Waals surface area contributed by atoms with Crippen molar-refractivity contribution in [2.45, 2.75) is 6.42 Å². The molecule has 0 radical (unpaired) electrons. The summed E-state index contributed by atoms with van der Waals surface area (Å²) in [6.45, 7) is 0.674. The lowest BCUT2D eigenvalue weighted by Gasteiger charge is -2.07. The van der Waals surface area contributed by atoms with E-state index in [0.717, 1.165) is 34.0 Å². The van der Waals surface area contributed by atoms with Crippen LogP contribution in [0, 0.1) is 0 Å². The molecule has 0 saturated carbocycles. The third-order valence-electron chi connectivity index (χ3n) is 3.56. The highest BCUT2D eigenvalue weighted by molar-refractivity contribution is 6.31. The van der Waals surface area contributed by atoms with Gasteiger partial charge in [-0.2, -0.15) is 5.10 Å². The zero-order valence-corrected chi connectivity index (χ0v) is 14.0. The molecule has 1 aromatic heterocycles. The summed E-state index contributed by atoms with van der Waals surface area (Å²) in [6, 6.07) is 15.5. The molecule has 3 rings (SSSR count). The monoisotopic (exact) mass is 340 g/mol. The van der Waals surface area contributed by atoms with E-state index in [9.17, 15) is 0 Å². The summed E-state index contributed by atoms with van der Waals surface area (Å²) >= 11 is 6.16. The van der Waals surface area contributed by atoms with Gasteiger partial charge in [0, 0.05) is 17.1 Å². The van der Waals surface area contributed by atoms with Crippen molar-refractivity contribution < 1.29 is 4.74 Å². The van der Waals surface area contributed by atoms with Crippen LogP contribution < -0.4 is 10.1 Å². The summed E-state index contributed by atoms with van der Waals surface area (Å²) in [5, 5.41) is 12.0. The highest BCUT2D eigenvalue weighted by Gasteiger charge is 2.05. The molecule has 1 N–H and O–H groups in total. The Morgan fingerprint density at radius 3 is 2.83 bits per heavy atom. The second kappa shape index (κ2) is 7.75. The van der Waals surface area contributed by atoms with Gasteiger partial charge in [0.25, 0.3) is 0 Å². The van der Waals surface area contributed by atoms with Crippen molar-refractivity contribution in [1.29, 1.82) is 0 Å². The van der Waals surface area contributed by atoms with Gasteiger partial charge in [0.15, 0.2) is 0 Å². The van der Waals surface area contributed by atoms with Gasteiger partial charge in [0.05, 0.1) is 19.0 Å². The Morgan fingerprint density at radius 1 is 1.12 bits per heavy atom. The number of hydrogen-bond donors (Lipinski definition) is 1. The fourth-order valence-electron chi connectivity index (χ4n) is 2.31. The van der Waals surface area contributed by atoms with Crippen molar-refractivity contribution in [3.8, 4) is 17.0 Å². The Balaban J connectivity index is 1.68. The van der Waals surface area contributed by atoms with Gasteiger partial charge in [0.2, 0.25) is 5.95 Å². The standard InChI is InChI=1S/C18H17ClN4O/c1-24-15-7-4-6-14(11-15)17-12-21-23-18(22-17)20-10-9-13-5-2-3-8-16(13)19/h2-8,11-12H,9-10H2,1H3,(H,20,22,23). The van der Waals surface area contributed by atoms with Crippen LogP contribution >= 0.6 is 11.6 Å². The topological polar surface area (TPSA) is 59.9 Å². The minimum atomic E-state index is 0.488. The Morgan fingerprint density at radius 2 is 2.00 bits per heavy atom. The molecule has 0 amide bonds. The molecule has 0 atom stereocenters. The fraction of sp³-hybridized carbons (Fsp3) is 0.167. The maximum absolute atomic E-state index is 6.16. The lowest BCUT2D eigenvalue weighted by molar-refractivity contribution is 0.415. The largest absolute Gasteiger partial charge is 0.497 e. The number of nitrogens with one attached hydrogen (secondary N) is 1. The first-order valence-electron chi connectivity index (χ1n) is 7.57. The summed E-state index contributed by atoms with van der Waals surface area (Å²) in [6.07, 6.45) is 2.42. The number of nitrogens with zero attached hydrogens (tertiary/aromatic N) is 3. The Hall–Kier alpha value is -2.66. The highest BCUT2D eigenvalue weighted by Crippen LogP contribution is 2.22. The number of aromatic nitrogens is 3. The summed E-state index contributed by atoms with van der Waals surface area (Å²) in [5.41, 5.74) is 2.76. The maximum Gasteiger partial charge on any atom is 0.243 e. The SMILES string of the molecule is COc1cccc(-c2cnnc(NCCc3ccccc3Cl)n2)c1. The molecular weight excluding hydrogens is 324 g/mol. The lowest BCUT2D eigenvalue weighted by Crippen LogP contribution is -2.09. The first-order chi connectivity index (χ1) is 11.8. The molecule has 0 saturated heterocycles. The average Bonchev–Trinajstić information content (AvgIpc) is 2.64. The van der Waals surface area contributed by atoms with E-state index in [2.05, 4.69) is 20.5 Å². The zero-order valence-electron chi connectivity index (χ0n) is 13.2. The summed E-state index contributed by atoms with van der Waals surface area (Å²) < 4.78 is 5.24. The maximum atomic E-state index is 6.16. The van der Waals surface area contributed by atoms with Crippen molar-refractivity contribution in [2.75, 3.05) is 19.0 Å². The average molecular weight is 341 g/mol. The molecule has 1 heterocycles. The van der Waals surface area contributed by atoms with Crippen molar-refractivity contribution in [1.82, 2.24) is 15.2 Å². The van der Waals surface area contributed by atoms with Gasteiger partial charge in [-0.05, 0) is 30.2 Å². The number of halogens is 1. The van der Waals surface area contributed by atoms with E-state index < -0.39 is 0 Å². The smallest absolute Gasteiger partial charge is 0.243 e. The predicted octanol–water partition coefficient (Wildman–Crippen LogP) is 3.86. The highest BCUT2D eigenvalue weighted by atomic mass is 35.5. The molecule has 0 unspecified atom stereocenters. The van der Waals surface area contributed by atoms with Crippen LogP contribution in [0.15, 0.2) is 54.7 Å². The van der Waals surface area contributed by atoms with Crippen molar-refractivity contribution in [3.63, 3.8) is 0 Å². The predicted molar refractivity (Wildman–Crippen MR) is 95.5 cm³/mol. The number of anilines is 1. The van der Waals surface area contributed by atoms with Crippen molar-refractivity contribution in [3.05, 3.63) is 65.3 Å². The molecule has 0 aliphatic rings. The van der Waals surface area contributed by atoms with E-state index in [1.807, 2.05) is 48.5 Å². The van der Waals surface area contributed by atoms with Crippen LogP contribution in [0.3, 0.4) is 0 Å². The van der Waals surface area contributed by atoms with Gasteiger partial charge in [-0.15, -0.1) is 5.10 Å². The summed E-state index contributed by atoms with van der Waals surface area (Å²) in [4.78, 5) is 4.50. The molecule has 0 aliphatic carbocycles. The van der Waals surface area contributed by atoms with E-state index in [1.54, 1.807) is 13.3 Å². The van der Waals surface area contributed by atoms with E-state index in [0.29, 0.717) is 12.5 Å². The Kier molecular flexibility index (Phi) is 5.23. The molecule has 0 fully saturated rings. The molecule has 122 valence electrons. The minimum absolute atomic E-state index is 0.488. The zero-order chi connectivity index (χ0) is 16.8. The molecule has 6 heteroatoms. The quantitative estimate of drug-likeness (QED) is 0.738. The molecule has 2 aromatic carbocycles. The third-order valence-corrected chi connectivity index (χ3v) is 3.93. The molecule has 0 spiro atoms. The van der Waals surface area contributed by atoms with E-state index in [1.165, 1.54) is 0 Å². The summed E-state index contributed by atoms with van der Waals surface area (Å²) in [5.74, 6) is 1.27. The van der Waals surface area contributed by atoms with Crippen molar-refractivity contribution in [2.24, 2.45) is 0 Å². The van der Waals surface area contributed by atoms with Gasteiger partial charge < -0.3 is 10.1 Å². The van der Waals surface area contributed by atoms with E-state index in [4.69, 9.17) is 16.3 Å². The van der Waals surface area contributed by atoms with Gasteiger partial charge in [0.1, 0.15) is 5.75 Å². The van der Waals surface area contributed by atoms with E-state index in [-0.39, 0.29) is 0 Å². The van der Waals surface area contributed by atoms with Gasteiger partial charge in [-0.25, -0.2) is 4.98 Å². The van der Waals surface area contributed by atoms with Crippen LogP contribution in [0.5, 0.6) is 5.75 Å². The molecule has 5 nitrogen and oxygen atoms in total. The van der Waals surface area contributed by atoms with Crippen molar-refractivity contribution >= 4 is 17.5 Å². The minimum Gasteiger partial charge on any atom is -0.497 e. The molecule has 0 bridgehead atoms. The Bertz CT molecular complexity index is 825. The van der Waals surface area contributed by atoms with Crippen LogP contribution in [0.25, 0.3) is 11.3 Å². The normalized spacial score (nSPS) is 10.4. The van der Waals surface area contributed by atoms with Crippen LogP contribution in [-0.2, 0) is 6.42 Å². The van der Waals surface area contributed by atoms with Gasteiger partial charge in [-0.3, -0.25) is 0 Å². The second-order valence-electron chi connectivity index (χ2n) is 5.17. The van der Waals surface area contributed by atoms with Crippen LogP contribution in [0.4, 0.5) is 5.95 Å². The number of methoxy groups -OCH3 is 1. The molecule has 3 aromatic rings. The van der Waals surface area contributed by atoms with Gasteiger partial charge in [-0.1, -0.05) is 41.9 Å². The second-order valence-corrected chi connectivity index (χ2v) is 5.57. The lowest BCUT2D eigenvalue weighted by atomic mass is 10.1. The molecular formula is C18H17ClN4O. The fourth-order valence-corrected chi connectivity index (χ4v) is 2.54. The van der Waals surface area contributed by atoms with Crippen LogP contribution in [-0.4, -0.2) is 28.8 Å². The summed E-state index contributed by atoms with van der Waals surface area (Å²) in [7, 11) is 1.64. The number of rotatable bonds is 6. The molecule has 24 heavy (non-hydrogen) atoms. The Labute approximate surface area is 145 Å². The first-order valence-corrected chi connectivity index (χ1v) is 7.95. The number of hydrogen-bond acceptors (Lipinski definition) is 5. The number of benzene rings is 2. The van der Waals surface area contributed by atoms with Crippen LogP contribution in [0.2, 0.25) is 5.02 Å². The first kappa shape index (κ1) is 16.2. The molecule has 0 aliphatic heterocycles. The third kappa shape index (κ3) is 4.00. The number of ether oxygens (including phenoxy) is 1. The van der Waals surface area contributed by atoms with Gasteiger partial charge >= 0.3 is 0 Å². The van der Waals surface area contributed by atoms with Crippen LogP contribution in [0.1, 0.15) is 5.56 Å².